The summed E-state index contributed by atoms with van der Waals surface area (Å²) in [5, 5.41) is 13.5. The molecule has 0 aliphatic heterocycles. The number of nitrogens with one attached hydrogen (secondary N) is 1. The number of nitrogens with zero attached hydrogens (tertiary/aromatic N) is 3. The fourth-order valence-electron chi connectivity index (χ4n) is 2.13. The van der Waals surface area contributed by atoms with Crippen molar-refractivity contribution >= 4 is 22.4 Å². The number of benzene rings is 1. The van der Waals surface area contributed by atoms with E-state index >= 15 is 0 Å². The van der Waals surface area contributed by atoms with Crippen molar-refractivity contribution in [2.45, 2.75) is 6.92 Å². The molecule has 0 saturated carbocycles. The maximum absolute atomic E-state index is 9.25. The number of hydrogen-bond donors (Lipinski definition) is 1. The molecule has 0 amide bonds. The second-order valence-electron chi connectivity index (χ2n) is 4.46. The third-order valence-electron chi connectivity index (χ3n) is 3.17. The van der Waals surface area contributed by atoms with E-state index in [2.05, 4.69) is 21.4 Å². The summed E-state index contributed by atoms with van der Waals surface area (Å²) >= 11 is 0. The van der Waals surface area contributed by atoms with Crippen LogP contribution < -0.4 is 5.32 Å². The van der Waals surface area contributed by atoms with Crippen molar-refractivity contribution in [2.24, 2.45) is 0 Å². The molecule has 3 aromatic rings. The van der Waals surface area contributed by atoms with Gasteiger partial charge in [0.2, 0.25) is 0 Å². The molecular formula is C16H12N4. The molecule has 0 atom stereocenters. The first-order chi connectivity index (χ1) is 9.79. The van der Waals surface area contributed by atoms with Gasteiger partial charge in [-0.2, -0.15) is 5.26 Å². The Morgan fingerprint density at radius 1 is 1.05 bits per heavy atom. The minimum atomic E-state index is 0.563. The van der Waals surface area contributed by atoms with Crippen LogP contribution in [0.2, 0.25) is 0 Å². The number of hydrogen-bond acceptors (Lipinski definition) is 4. The van der Waals surface area contributed by atoms with E-state index in [0.717, 1.165) is 22.2 Å². The number of pyridine rings is 2. The maximum Gasteiger partial charge on any atom is 0.148 e. The van der Waals surface area contributed by atoms with Crippen LogP contribution in [0.3, 0.4) is 0 Å². The summed E-state index contributed by atoms with van der Waals surface area (Å²) in [6.45, 7) is 1.90. The van der Waals surface area contributed by atoms with Gasteiger partial charge in [-0.3, -0.25) is 4.98 Å². The average molecular weight is 260 g/mol. The predicted octanol–water partition coefficient (Wildman–Crippen LogP) is 3.55. The monoisotopic (exact) mass is 260 g/mol. The lowest BCUT2D eigenvalue weighted by Crippen LogP contribution is -1.99. The lowest BCUT2D eigenvalue weighted by Gasteiger charge is -2.10. The molecule has 0 radical (unpaired) electrons. The molecule has 4 nitrogen and oxygen atoms in total. The van der Waals surface area contributed by atoms with E-state index in [4.69, 9.17) is 0 Å². The van der Waals surface area contributed by atoms with E-state index in [0.29, 0.717) is 11.4 Å². The van der Waals surface area contributed by atoms with Gasteiger partial charge in [-0.05, 0) is 42.8 Å². The minimum Gasteiger partial charge on any atom is -0.339 e. The smallest absolute Gasteiger partial charge is 0.148 e. The SMILES string of the molecule is Cc1ccnc(Nc2cccc3ncccc23)c1C#N. The Kier molecular flexibility index (Phi) is 3.02. The zero-order chi connectivity index (χ0) is 13.9. The fraction of sp³-hybridized carbons (Fsp3) is 0.0625. The number of anilines is 2. The Labute approximate surface area is 116 Å². The van der Waals surface area contributed by atoms with Crippen LogP contribution in [0.15, 0.2) is 48.8 Å². The zero-order valence-electron chi connectivity index (χ0n) is 11.0. The summed E-state index contributed by atoms with van der Waals surface area (Å²) in [6.07, 6.45) is 3.46. The molecule has 0 unspecified atom stereocenters. The first kappa shape index (κ1) is 12.1. The van der Waals surface area contributed by atoms with Crippen molar-refractivity contribution in [3.05, 3.63) is 59.9 Å². The van der Waals surface area contributed by atoms with E-state index in [9.17, 15) is 5.26 Å². The molecule has 1 aromatic carbocycles. The van der Waals surface area contributed by atoms with Gasteiger partial charge in [0.05, 0.1) is 11.1 Å². The molecule has 0 spiro atoms. The van der Waals surface area contributed by atoms with Crippen LogP contribution in [-0.4, -0.2) is 9.97 Å². The first-order valence-corrected chi connectivity index (χ1v) is 6.26. The highest BCUT2D eigenvalue weighted by molar-refractivity contribution is 5.93. The van der Waals surface area contributed by atoms with Gasteiger partial charge in [-0.25, -0.2) is 4.98 Å². The highest BCUT2D eigenvalue weighted by Gasteiger charge is 2.08. The number of rotatable bonds is 2. The van der Waals surface area contributed by atoms with E-state index in [-0.39, 0.29) is 0 Å². The Bertz CT molecular complexity index is 813. The quantitative estimate of drug-likeness (QED) is 0.765. The molecule has 4 heteroatoms. The van der Waals surface area contributed by atoms with Gasteiger partial charge in [0.1, 0.15) is 11.9 Å². The number of nitriles is 1. The zero-order valence-corrected chi connectivity index (χ0v) is 11.0. The topological polar surface area (TPSA) is 61.6 Å². The van der Waals surface area contributed by atoms with Crippen LogP contribution in [0.25, 0.3) is 10.9 Å². The van der Waals surface area contributed by atoms with Gasteiger partial charge < -0.3 is 5.32 Å². The molecule has 96 valence electrons. The first-order valence-electron chi connectivity index (χ1n) is 6.26. The lowest BCUT2D eigenvalue weighted by molar-refractivity contribution is 1.25. The summed E-state index contributed by atoms with van der Waals surface area (Å²) < 4.78 is 0. The second kappa shape index (κ2) is 4.98. The molecule has 1 N–H and O–H groups in total. The molecule has 2 heterocycles. The third kappa shape index (κ3) is 2.06. The third-order valence-corrected chi connectivity index (χ3v) is 3.17. The summed E-state index contributed by atoms with van der Waals surface area (Å²) in [6, 6.07) is 13.7. The Morgan fingerprint density at radius 3 is 2.80 bits per heavy atom. The normalized spacial score (nSPS) is 10.2. The van der Waals surface area contributed by atoms with E-state index < -0.39 is 0 Å². The standard InChI is InChI=1S/C16H12N4/c1-11-7-9-19-16(13(11)10-17)20-15-6-2-5-14-12(15)4-3-8-18-14/h2-9H,1H3,(H,19,20). The van der Waals surface area contributed by atoms with Crippen LogP contribution in [0, 0.1) is 18.3 Å². The maximum atomic E-state index is 9.25. The van der Waals surface area contributed by atoms with Crippen molar-refractivity contribution in [3.8, 4) is 6.07 Å². The van der Waals surface area contributed by atoms with Crippen molar-refractivity contribution in [1.82, 2.24) is 9.97 Å². The summed E-state index contributed by atoms with van der Waals surface area (Å²) in [5.41, 5.74) is 3.27. The number of fused-ring (bicyclic) bond motifs is 1. The van der Waals surface area contributed by atoms with Gasteiger partial charge in [0.25, 0.3) is 0 Å². The predicted molar refractivity (Wildman–Crippen MR) is 78.7 cm³/mol. The van der Waals surface area contributed by atoms with Crippen molar-refractivity contribution in [3.63, 3.8) is 0 Å². The van der Waals surface area contributed by atoms with Crippen molar-refractivity contribution in [2.75, 3.05) is 5.32 Å². The van der Waals surface area contributed by atoms with Crippen LogP contribution in [0.5, 0.6) is 0 Å². The lowest BCUT2D eigenvalue weighted by atomic mass is 10.1. The van der Waals surface area contributed by atoms with Crippen LogP contribution in [-0.2, 0) is 0 Å². The number of aromatic nitrogens is 2. The molecule has 0 aliphatic rings. The van der Waals surface area contributed by atoms with Gasteiger partial charge in [-0.15, -0.1) is 0 Å². The molecule has 0 bridgehead atoms. The van der Waals surface area contributed by atoms with Crippen LogP contribution in [0.1, 0.15) is 11.1 Å². The van der Waals surface area contributed by atoms with Gasteiger partial charge in [0, 0.05) is 23.5 Å². The molecule has 0 aliphatic carbocycles. The Hall–Kier alpha value is -2.93. The molecule has 0 fully saturated rings. The fourth-order valence-corrected chi connectivity index (χ4v) is 2.13. The second-order valence-corrected chi connectivity index (χ2v) is 4.46. The van der Waals surface area contributed by atoms with Gasteiger partial charge in [0.15, 0.2) is 0 Å². The summed E-state index contributed by atoms with van der Waals surface area (Å²) in [4.78, 5) is 8.58. The van der Waals surface area contributed by atoms with Crippen molar-refractivity contribution < 1.29 is 0 Å². The minimum absolute atomic E-state index is 0.563. The van der Waals surface area contributed by atoms with Gasteiger partial charge >= 0.3 is 0 Å². The molecule has 3 rings (SSSR count). The Balaban J connectivity index is 2.11. The van der Waals surface area contributed by atoms with E-state index in [1.54, 1.807) is 12.4 Å². The van der Waals surface area contributed by atoms with Crippen molar-refractivity contribution in [1.29, 1.82) is 5.26 Å². The van der Waals surface area contributed by atoms with Crippen LogP contribution >= 0.6 is 0 Å². The largest absolute Gasteiger partial charge is 0.339 e. The van der Waals surface area contributed by atoms with Gasteiger partial charge in [-0.1, -0.05) is 6.07 Å². The molecule has 2 aromatic heterocycles. The summed E-state index contributed by atoms with van der Waals surface area (Å²) in [7, 11) is 0. The molecule has 20 heavy (non-hydrogen) atoms. The van der Waals surface area contributed by atoms with E-state index in [1.807, 2.05) is 43.3 Å². The van der Waals surface area contributed by atoms with Crippen LogP contribution in [0.4, 0.5) is 11.5 Å². The summed E-state index contributed by atoms with van der Waals surface area (Å²) in [5.74, 6) is 0.573. The molecular weight excluding hydrogens is 248 g/mol. The molecule has 0 saturated heterocycles. The van der Waals surface area contributed by atoms with E-state index in [1.165, 1.54) is 0 Å². The Morgan fingerprint density at radius 2 is 1.95 bits per heavy atom. The number of aryl methyl sites for hydroxylation is 1. The highest BCUT2D eigenvalue weighted by Crippen LogP contribution is 2.26. The highest BCUT2D eigenvalue weighted by atomic mass is 15.0. The average Bonchev–Trinajstić information content (AvgIpc) is 2.48.